The summed E-state index contributed by atoms with van der Waals surface area (Å²) in [6, 6.07) is 9.89. The van der Waals surface area contributed by atoms with Crippen molar-refractivity contribution < 1.29 is 4.74 Å². The fraction of sp³-hybridized carbons (Fsp3) is 0.471. The van der Waals surface area contributed by atoms with Gasteiger partial charge in [-0.1, -0.05) is 31.5 Å². The molecule has 0 aliphatic carbocycles. The van der Waals surface area contributed by atoms with E-state index in [-0.39, 0.29) is 5.54 Å². The highest BCUT2D eigenvalue weighted by atomic mass is 32.1. The first-order chi connectivity index (χ1) is 10.0. The van der Waals surface area contributed by atoms with Crippen molar-refractivity contribution in [3.05, 3.63) is 45.9 Å². The second-order valence-electron chi connectivity index (χ2n) is 5.77. The summed E-state index contributed by atoms with van der Waals surface area (Å²) in [4.78, 5) is 5.96. The summed E-state index contributed by atoms with van der Waals surface area (Å²) in [6.45, 7) is 6.91. The molecule has 0 spiro atoms. The molecule has 2 N–H and O–H groups in total. The van der Waals surface area contributed by atoms with Gasteiger partial charge in [0.2, 0.25) is 0 Å². The highest BCUT2D eigenvalue weighted by Crippen LogP contribution is 2.29. The molecule has 1 heterocycles. The van der Waals surface area contributed by atoms with Gasteiger partial charge in [-0.3, -0.25) is 0 Å². The maximum absolute atomic E-state index is 6.26. The molecule has 4 heteroatoms. The lowest BCUT2D eigenvalue weighted by Crippen LogP contribution is -2.28. The van der Waals surface area contributed by atoms with Crippen LogP contribution in [0.5, 0.6) is 5.75 Å². The monoisotopic (exact) mass is 304 g/mol. The zero-order valence-electron chi connectivity index (χ0n) is 13.1. The molecule has 114 valence electrons. The minimum atomic E-state index is -0.319. The molecule has 1 aromatic heterocycles. The van der Waals surface area contributed by atoms with Gasteiger partial charge in [0.25, 0.3) is 0 Å². The fourth-order valence-corrected chi connectivity index (χ4v) is 3.30. The van der Waals surface area contributed by atoms with Crippen LogP contribution in [0, 0.1) is 0 Å². The molecule has 0 atom stereocenters. The van der Waals surface area contributed by atoms with Crippen molar-refractivity contribution in [1.82, 2.24) is 4.98 Å². The molecule has 0 bridgehead atoms. The number of nitrogens with two attached hydrogens (primary N) is 1. The average Bonchev–Trinajstić information content (AvgIpc) is 2.84. The largest absolute Gasteiger partial charge is 0.493 e. The maximum atomic E-state index is 6.26. The molecule has 0 amide bonds. The zero-order valence-corrected chi connectivity index (χ0v) is 13.9. The van der Waals surface area contributed by atoms with Crippen LogP contribution in [-0.2, 0) is 18.4 Å². The summed E-state index contributed by atoms with van der Waals surface area (Å²) >= 11 is 1.73. The number of thiazole rings is 1. The highest BCUT2D eigenvalue weighted by Gasteiger charge is 2.22. The predicted molar refractivity (Wildman–Crippen MR) is 89.0 cm³/mol. The lowest BCUT2D eigenvalue weighted by atomic mass is 10.0. The summed E-state index contributed by atoms with van der Waals surface area (Å²) in [5.41, 5.74) is 7.10. The van der Waals surface area contributed by atoms with Crippen molar-refractivity contribution in [2.45, 2.75) is 45.6 Å². The number of aryl methyl sites for hydroxylation is 1. The molecule has 3 nitrogen and oxygen atoms in total. The Hall–Kier alpha value is -1.39. The van der Waals surface area contributed by atoms with E-state index in [0.717, 1.165) is 35.7 Å². The molecule has 0 saturated carbocycles. The SMILES string of the molecule is CCCc1nc(CCOc2ccccc2)sc1C(C)(C)N. The van der Waals surface area contributed by atoms with Gasteiger partial charge in [-0.2, -0.15) is 0 Å². The predicted octanol–water partition coefficient (Wildman–Crippen LogP) is 3.91. The first kappa shape index (κ1) is 16.0. The highest BCUT2D eigenvalue weighted by molar-refractivity contribution is 7.11. The van der Waals surface area contributed by atoms with Crippen LogP contribution in [0.25, 0.3) is 0 Å². The van der Waals surface area contributed by atoms with Gasteiger partial charge in [0.15, 0.2) is 0 Å². The van der Waals surface area contributed by atoms with E-state index in [1.807, 2.05) is 44.2 Å². The number of hydrogen-bond donors (Lipinski definition) is 1. The summed E-state index contributed by atoms with van der Waals surface area (Å²) < 4.78 is 5.74. The van der Waals surface area contributed by atoms with Crippen molar-refractivity contribution in [3.8, 4) is 5.75 Å². The number of hydrogen-bond acceptors (Lipinski definition) is 4. The zero-order chi connectivity index (χ0) is 15.3. The molecular formula is C17H24N2OS. The van der Waals surface area contributed by atoms with Crippen molar-refractivity contribution in [3.63, 3.8) is 0 Å². The van der Waals surface area contributed by atoms with Crippen LogP contribution >= 0.6 is 11.3 Å². The van der Waals surface area contributed by atoms with Gasteiger partial charge >= 0.3 is 0 Å². The number of para-hydroxylation sites is 1. The van der Waals surface area contributed by atoms with E-state index >= 15 is 0 Å². The fourth-order valence-electron chi connectivity index (χ4n) is 2.19. The van der Waals surface area contributed by atoms with Crippen LogP contribution in [0.3, 0.4) is 0 Å². The summed E-state index contributed by atoms with van der Waals surface area (Å²) in [7, 11) is 0. The summed E-state index contributed by atoms with van der Waals surface area (Å²) in [5, 5.41) is 1.11. The minimum absolute atomic E-state index is 0.319. The van der Waals surface area contributed by atoms with Crippen molar-refractivity contribution in [2.75, 3.05) is 6.61 Å². The Bertz CT molecular complexity index is 558. The molecule has 21 heavy (non-hydrogen) atoms. The third-order valence-electron chi connectivity index (χ3n) is 3.14. The quantitative estimate of drug-likeness (QED) is 0.843. The lowest BCUT2D eigenvalue weighted by Gasteiger charge is -2.17. The Morgan fingerprint density at radius 3 is 2.52 bits per heavy atom. The molecule has 0 unspecified atom stereocenters. The third-order valence-corrected chi connectivity index (χ3v) is 4.64. The van der Waals surface area contributed by atoms with Gasteiger partial charge in [0.05, 0.1) is 17.3 Å². The molecule has 1 aromatic carbocycles. The average molecular weight is 304 g/mol. The van der Waals surface area contributed by atoms with E-state index in [9.17, 15) is 0 Å². The molecule has 0 aliphatic heterocycles. The lowest BCUT2D eigenvalue weighted by molar-refractivity contribution is 0.321. The standard InChI is InChI=1S/C17H24N2OS/c1-4-8-14-16(17(2,3)18)21-15(19-14)11-12-20-13-9-6-5-7-10-13/h5-7,9-10H,4,8,11-12,18H2,1-3H3. The van der Waals surface area contributed by atoms with Gasteiger partial charge in [-0.15, -0.1) is 11.3 Å². The van der Waals surface area contributed by atoms with E-state index in [1.165, 1.54) is 4.88 Å². The van der Waals surface area contributed by atoms with Gasteiger partial charge in [-0.25, -0.2) is 4.98 Å². The Kier molecular flexibility index (Phi) is 5.37. The number of rotatable bonds is 7. The molecule has 0 fully saturated rings. The third kappa shape index (κ3) is 4.55. The first-order valence-corrected chi connectivity index (χ1v) is 8.28. The van der Waals surface area contributed by atoms with Crippen LogP contribution in [0.4, 0.5) is 0 Å². The van der Waals surface area contributed by atoms with Crippen LogP contribution < -0.4 is 10.5 Å². The molecule has 0 radical (unpaired) electrons. The Balaban J connectivity index is 2.00. The van der Waals surface area contributed by atoms with E-state index in [4.69, 9.17) is 15.5 Å². The number of ether oxygens (including phenoxy) is 1. The van der Waals surface area contributed by atoms with Crippen molar-refractivity contribution in [2.24, 2.45) is 5.73 Å². The molecule has 2 aromatic rings. The first-order valence-electron chi connectivity index (χ1n) is 7.46. The second-order valence-corrected chi connectivity index (χ2v) is 6.85. The van der Waals surface area contributed by atoms with Gasteiger partial charge in [-0.05, 0) is 32.4 Å². The Morgan fingerprint density at radius 1 is 1.19 bits per heavy atom. The summed E-state index contributed by atoms with van der Waals surface area (Å²) in [5.74, 6) is 0.905. The van der Waals surface area contributed by atoms with Crippen molar-refractivity contribution in [1.29, 1.82) is 0 Å². The van der Waals surface area contributed by atoms with Gasteiger partial charge in [0.1, 0.15) is 5.75 Å². The molecular weight excluding hydrogens is 280 g/mol. The molecule has 0 saturated heterocycles. The van der Waals surface area contributed by atoms with Crippen LogP contribution in [-0.4, -0.2) is 11.6 Å². The molecule has 0 aliphatic rings. The topological polar surface area (TPSA) is 48.1 Å². The maximum Gasteiger partial charge on any atom is 0.119 e. The van der Waals surface area contributed by atoms with Crippen LogP contribution in [0.1, 0.15) is 42.8 Å². The van der Waals surface area contributed by atoms with Crippen LogP contribution in [0.15, 0.2) is 30.3 Å². The van der Waals surface area contributed by atoms with Crippen LogP contribution in [0.2, 0.25) is 0 Å². The Morgan fingerprint density at radius 2 is 1.90 bits per heavy atom. The normalized spacial score (nSPS) is 11.6. The van der Waals surface area contributed by atoms with E-state index in [1.54, 1.807) is 11.3 Å². The van der Waals surface area contributed by atoms with E-state index in [0.29, 0.717) is 6.61 Å². The smallest absolute Gasteiger partial charge is 0.119 e. The number of benzene rings is 1. The van der Waals surface area contributed by atoms with Gasteiger partial charge < -0.3 is 10.5 Å². The van der Waals surface area contributed by atoms with Gasteiger partial charge in [0, 0.05) is 16.8 Å². The number of nitrogens with zero attached hydrogens (tertiary/aromatic N) is 1. The van der Waals surface area contributed by atoms with E-state index < -0.39 is 0 Å². The minimum Gasteiger partial charge on any atom is -0.493 e. The summed E-state index contributed by atoms with van der Waals surface area (Å²) in [6.07, 6.45) is 2.91. The van der Waals surface area contributed by atoms with Crippen molar-refractivity contribution >= 4 is 11.3 Å². The number of aromatic nitrogens is 1. The second kappa shape index (κ2) is 7.05. The molecule has 2 rings (SSSR count). The van der Waals surface area contributed by atoms with E-state index in [2.05, 4.69) is 6.92 Å². The Labute approximate surface area is 131 Å².